The molecular weight excluding hydrogens is 330 g/mol. The Labute approximate surface area is 154 Å². The summed E-state index contributed by atoms with van der Waals surface area (Å²) in [4.78, 5) is 24.9. The van der Waals surface area contributed by atoms with Crippen LogP contribution in [-0.4, -0.2) is 41.8 Å². The van der Waals surface area contributed by atoms with Crippen LogP contribution in [0.3, 0.4) is 0 Å². The molecule has 0 spiro atoms. The number of hydrogen-bond donors (Lipinski definition) is 1. The summed E-state index contributed by atoms with van der Waals surface area (Å²) in [6, 6.07) is 16.1. The molecule has 0 aromatic heterocycles. The Morgan fingerprint density at radius 3 is 2.23 bits per heavy atom. The summed E-state index contributed by atoms with van der Waals surface area (Å²) in [7, 11) is 0. The minimum atomic E-state index is -0.471. The fourth-order valence-corrected chi connectivity index (χ4v) is 2.99. The van der Waals surface area contributed by atoms with Crippen molar-refractivity contribution in [2.24, 2.45) is 0 Å². The van der Waals surface area contributed by atoms with E-state index in [0.29, 0.717) is 12.1 Å². The summed E-state index contributed by atoms with van der Waals surface area (Å²) in [5.41, 5.74) is 1.67. The summed E-state index contributed by atoms with van der Waals surface area (Å²) in [5.74, 6) is -0.0775. The highest BCUT2D eigenvalue weighted by Gasteiger charge is 2.18. The van der Waals surface area contributed by atoms with Crippen molar-refractivity contribution in [3.63, 3.8) is 0 Å². The Bertz CT molecular complexity index is 713. The summed E-state index contributed by atoms with van der Waals surface area (Å²) in [6.07, 6.45) is 0. The van der Waals surface area contributed by atoms with E-state index in [1.165, 1.54) is 29.8 Å². The third-order valence-electron chi connectivity index (χ3n) is 4.46. The van der Waals surface area contributed by atoms with Crippen LogP contribution < -0.4 is 5.32 Å². The summed E-state index contributed by atoms with van der Waals surface area (Å²) in [6.45, 7) is 6.96. The number of nitro benzene ring substituents is 1. The van der Waals surface area contributed by atoms with Crippen LogP contribution in [0.1, 0.15) is 35.8 Å². The molecule has 1 unspecified atom stereocenters. The van der Waals surface area contributed by atoms with Gasteiger partial charge in [-0.15, -0.1) is 0 Å². The normalized spacial score (nSPS) is 12.1. The zero-order valence-electron chi connectivity index (χ0n) is 15.2. The molecule has 2 aromatic carbocycles. The first-order valence-corrected chi connectivity index (χ1v) is 8.84. The van der Waals surface area contributed by atoms with E-state index < -0.39 is 4.92 Å². The zero-order valence-corrected chi connectivity index (χ0v) is 15.2. The molecule has 0 bridgehead atoms. The topological polar surface area (TPSA) is 75.5 Å². The standard InChI is InChI=1S/C20H25N3O3/c1-3-22(4-2)19(16-8-6-5-7-9-16)14-21-15-20(24)17-10-12-18(13-11-17)23(25)26/h5-13,19,21H,3-4,14-15H2,1-2H3. The van der Waals surface area contributed by atoms with E-state index in [1.807, 2.05) is 18.2 Å². The van der Waals surface area contributed by atoms with Gasteiger partial charge in [0.2, 0.25) is 0 Å². The van der Waals surface area contributed by atoms with Crippen molar-refractivity contribution in [2.45, 2.75) is 19.9 Å². The summed E-state index contributed by atoms with van der Waals surface area (Å²) in [5, 5.41) is 13.9. The summed E-state index contributed by atoms with van der Waals surface area (Å²) >= 11 is 0. The van der Waals surface area contributed by atoms with Gasteiger partial charge in [0.1, 0.15) is 0 Å². The first-order valence-electron chi connectivity index (χ1n) is 8.84. The lowest BCUT2D eigenvalue weighted by Gasteiger charge is -2.30. The molecule has 1 N–H and O–H groups in total. The lowest BCUT2D eigenvalue weighted by Crippen LogP contribution is -2.37. The molecule has 138 valence electrons. The van der Waals surface area contributed by atoms with Crippen LogP contribution >= 0.6 is 0 Å². The van der Waals surface area contributed by atoms with E-state index in [9.17, 15) is 14.9 Å². The van der Waals surface area contributed by atoms with Crippen LogP contribution in [0.2, 0.25) is 0 Å². The smallest absolute Gasteiger partial charge is 0.269 e. The van der Waals surface area contributed by atoms with Gasteiger partial charge < -0.3 is 5.32 Å². The minimum Gasteiger partial charge on any atom is -0.308 e. The molecule has 6 heteroatoms. The van der Waals surface area contributed by atoms with Gasteiger partial charge in [-0.2, -0.15) is 0 Å². The molecule has 2 aromatic rings. The number of nitro groups is 1. The Balaban J connectivity index is 1.98. The Hall–Kier alpha value is -2.57. The predicted molar refractivity (Wildman–Crippen MR) is 102 cm³/mol. The summed E-state index contributed by atoms with van der Waals surface area (Å²) < 4.78 is 0. The second-order valence-corrected chi connectivity index (χ2v) is 6.01. The number of ketones is 1. The van der Waals surface area contributed by atoms with Crippen LogP contribution in [-0.2, 0) is 0 Å². The highest BCUT2D eigenvalue weighted by molar-refractivity contribution is 5.97. The fourth-order valence-electron chi connectivity index (χ4n) is 2.99. The molecule has 0 aliphatic carbocycles. The number of nitrogens with zero attached hydrogens (tertiary/aromatic N) is 2. The van der Waals surface area contributed by atoms with Crippen molar-refractivity contribution >= 4 is 11.5 Å². The maximum atomic E-state index is 12.3. The third-order valence-corrected chi connectivity index (χ3v) is 4.46. The van der Waals surface area contributed by atoms with Gasteiger partial charge in [-0.25, -0.2) is 0 Å². The molecule has 6 nitrogen and oxygen atoms in total. The van der Waals surface area contributed by atoms with Crippen LogP contribution in [0, 0.1) is 10.1 Å². The maximum Gasteiger partial charge on any atom is 0.269 e. The minimum absolute atomic E-state index is 0.0137. The van der Waals surface area contributed by atoms with Crippen LogP contribution in [0.25, 0.3) is 0 Å². The molecule has 26 heavy (non-hydrogen) atoms. The molecule has 0 heterocycles. The van der Waals surface area contributed by atoms with E-state index >= 15 is 0 Å². The number of rotatable bonds is 10. The number of carbonyl (C=O) groups excluding carboxylic acids is 1. The van der Waals surface area contributed by atoms with Crippen molar-refractivity contribution < 1.29 is 9.72 Å². The Morgan fingerprint density at radius 1 is 1.08 bits per heavy atom. The lowest BCUT2D eigenvalue weighted by molar-refractivity contribution is -0.384. The van der Waals surface area contributed by atoms with Crippen molar-refractivity contribution in [3.05, 3.63) is 75.8 Å². The molecule has 1 atom stereocenters. The SMILES string of the molecule is CCN(CC)C(CNCC(=O)c1ccc([N+](=O)[O-])cc1)c1ccccc1. The third kappa shape index (κ3) is 5.21. The molecule has 2 rings (SSSR count). The van der Waals surface area contributed by atoms with Gasteiger partial charge in [-0.05, 0) is 30.8 Å². The van der Waals surface area contributed by atoms with Crippen molar-refractivity contribution in [1.29, 1.82) is 0 Å². The monoisotopic (exact) mass is 355 g/mol. The fraction of sp³-hybridized carbons (Fsp3) is 0.350. The highest BCUT2D eigenvalue weighted by Crippen LogP contribution is 2.19. The molecule has 0 aliphatic rings. The van der Waals surface area contributed by atoms with Crippen molar-refractivity contribution in [2.75, 3.05) is 26.2 Å². The first kappa shape index (κ1) is 19.8. The quantitative estimate of drug-likeness (QED) is 0.401. The molecule has 0 aliphatic heterocycles. The Kier molecular flexibility index (Phi) is 7.44. The molecule has 0 amide bonds. The predicted octanol–water partition coefficient (Wildman–Crippen LogP) is 3.45. The molecular formula is C20H25N3O3. The number of hydrogen-bond acceptors (Lipinski definition) is 5. The van der Waals surface area contributed by atoms with E-state index in [2.05, 4.69) is 36.2 Å². The van der Waals surface area contributed by atoms with Crippen molar-refractivity contribution in [1.82, 2.24) is 10.2 Å². The molecule has 0 fully saturated rings. The number of benzene rings is 2. The maximum absolute atomic E-state index is 12.3. The zero-order chi connectivity index (χ0) is 18.9. The van der Waals surface area contributed by atoms with E-state index in [0.717, 1.165) is 13.1 Å². The van der Waals surface area contributed by atoms with Crippen LogP contribution in [0.15, 0.2) is 54.6 Å². The second kappa shape index (κ2) is 9.79. The van der Waals surface area contributed by atoms with Crippen LogP contribution in [0.4, 0.5) is 5.69 Å². The average Bonchev–Trinajstić information content (AvgIpc) is 2.68. The Morgan fingerprint density at radius 2 is 1.69 bits per heavy atom. The first-order chi connectivity index (χ1) is 12.6. The van der Waals surface area contributed by atoms with Gasteiger partial charge in [0, 0.05) is 30.3 Å². The lowest BCUT2D eigenvalue weighted by atomic mass is 10.0. The number of non-ortho nitro benzene ring substituents is 1. The van der Waals surface area contributed by atoms with Gasteiger partial charge in [0.25, 0.3) is 5.69 Å². The van der Waals surface area contributed by atoms with Gasteiger partial charge in [0.05, 0.1) is 11.5 Å². The van der Waals surface area contributed by atoms with Gasteiger partial charge in [-0.3, -0.25) is 19.8 Å². The van der Waals surface area contributed by atoms with Crippen LogP contribution in [0.5, 0.6) is 0 Å². The van der Waals surface area contributed by atoms with E-state index in [-0.39, 0.29) is 24.1 Å². The number of likely N-dealkylation sites (N-methyl/N-ethyl adjacent to an activating group) is 1. The van der Waals surface area contributed by atoms with E-state index in [1.54, 1.807) is 0 Å². The van der Waals surface area contributed by atoms with Crippen molar-refractivity contribution in [3.8, 4) is 0 Å². The molecule has 0 saturated heterocycles. The number of Topliss-reactive ketones (excluding diaryl/α,β-unsaturated/α-hetero) is 1. The average molecular weight is 355 g/mol. The molecule has 0 saturated carbocycles. The van der Waals surface area contributed by atoms with Gasteiger partial charge in [-0.1, -0.05) is 44.2 Å². The van der Waals surface area contributed by atoms with Gasteiger partial charge >= 0.3 is 0 Å². The number of carbonyl (C=O) groups is 1. The number of nitrogens with one attached hydrogen (secondary N) is 1. The molecule has 0 radical (unpaired) electrons. The van der Waals surface area contributed by atoms with Gasteiger partial charge in [0.15, 0.2) is 5.78 Å². The second-order valence-electron chi connectivity index (χ2n) is 6.01. The largest absolute Gasteiger partial charge is 0.308 e. The van der Waals surface area contributed by atoms with E-state index in [4.69, 9.17) is 0 Å². The highest BCUT2D eigenvalue weighted by atomic mass is 16.6.